The molecule has 2 aromatic rings. The van der Waals surface area contributed by atoms with Gasteiger partial charge in [0.2, 0.25) is 0 Å². The summed E-state index contributed by atoms with van der Waals surface area (Å²) in [5, 5.41) is 7.13. The summed E-state index contributed by atoms with van der Waals surface area (Å²) >= 11 is 0. The minimum atomic E-state index is -0.786. The minimum Gasteiger partial charge on any atom is -0.282 e. The molecule has 1 unspecified atom stereocenters. The highest BCUT2D eigenvalue weighted by atomic mass is 19.2. The summed E-state index contributed by atoms with van der Waals surface area (Å²) in [5.74, 6) is -1.49. The topological polar surface area (TPSA) is 28.7 Å². The number of benzene rings is 1. The quantitative estimate of drug-likeness (QED) is 0.831. The molecule has 0 bridgehead atoms. The van der Waals surface area contributed by atoms with Crippen molar-refractivity contribution in [1.29, 1.82) is 0 Å². The van der Waals surface area contributed by atoms with Gasteiger partial charge in [-0.15, -0.1) is 0 Å². The summed E-state index contributed by atoms with van der Waals surface area (Å²) in [6.07, 6.45) is 2.68. The van der Waals surface area contributed by atoms with E-state index in [9.17, 15) is 8.78 Å². The lowest BCUT2D eigenvalue weighted by molar-refractivity contribution is 0.477. The smallest absolute Gasteiger partial charge is 0.159 e. The van der Waals surface area contributed by atoms with E-state index in [2.05, 4.69) is 24.0 Å². The molecule has 0 spiro atoms. The highest BCUT2D eigenvalue weighted by molar-refractivity contribution is 5.45. The normalized spacial score (nSPS) is 20.6. The Balaban J connectivity index is 2.13. The predicted molar refractivity (Wildman–Crippen MR) is 69.2 cm³/mol. The Morgan fingerprint density at radius 1 is 1.21 bits per heavy atom. The van der Waals surface area contributed by atoms with Gasteiger partial charge < -0.3 is 0 Å². The maximum atomic E-state index is 13.5. The van der Waals surface area contributed by atoms with Crippen LogP contribution in [0.5, 0.6) is 0 Å². The van der Waals surface area contributed by atoms with Gasteiger partial charge in [0.15, 0.2) is 11.6 Å². The van der Waals surface area contributed by atoms with Crippen LogP contribution in [0.4, 0.5) is 8.78 Å². The molecule has 1 atom stereocenters. The second-order valence-corrected chi connectivity index (χ2v) is 5.96. The number of H-pyrrole nitrogens is 1. The van der Waals surface area contributed by atoms with Gasteiger partial charge in [0.1, 0.15) is 0 Å². The molecule has 1 aromatic carbocycles. The van der Waals surface area contributed by atoms with Crippen molar-refractivity contribution in [2.75, 3.05) is 0 Å². The maximum absolute atomic E-state index is 13.5. The molecule has 3 rings (SSSR count). The number of hydrogen-bond acceptors (Lipinski definition) is 1. The van der Waals surface area contributed by atoms with Crippen LogP contribution in [-0.2, 0) is 5.41 Å². The van der Waals surface area contributed by atoms with Crippen LogP contribution in [-0.4, -0.2) is 10.2 Å². The van der Waals surface area contributed by atoms with E-state index in [4.69, 9.17) is 0 Å². The number of halogens is 2. The van der Waals surface area contributed by atoms with Crippen LogP contribution in [0.2, 0.25) is 0 Å². The average molecular weight is 262 g/mol. The zero-order valence-electron chi connectivity index (χ0n) is 11.2. The molecule has 100 valence electrons. The van der Waals surface area contributed by atoms with Crippen molar-refractivity contribution in [2.24, 2.45) is 0 Å². The number of aromatic amines is 1. The van der Waals surface area contributed by atoms with E-state index in [-0.39, 0.29) is 11.3 Å². The molecule has 1 N–H and O–H groups in total. The first-order chi connectivity index (χ1) is 8.90. The Hall–Kier alpha value is -1.71. The zero-order valence-corrected chi connectivity index (χ0v) is 11.2. The number of nitrogens with one attached hydrogen (secondary N) is 1. The molecule has 4 heteroatoms. The van der Waals surface area contributed by atoms with Crippen molar-refractivity contribution in [2.45, 2.75) is 38.5 Å². The lowest BCUT2D eigenvalue weighted by atomic mass is 9.85. The minimum absolute atomic E-state index is 0.0200. The summed E-state index contributed by atoms with van der Waals surface area (Å²) < 4.78 is 26.7. The van der Waals surface area contributed by atoms with E-state index in [0.29, 0.717) is 0 Å². The average Bonchev–Trinajstić information content (AvgIpc) is 2.88. The Kier molecular flexibility index (Phi) is 2.52. The van der Waals surface area contributed by atoms with Crippen LogP contribution < -0.4 is 0 Å². The van der Waals surface area contributed by atoms with Gasteiger partial charge in [-0.2, -0.15) is 5.10 Å². The first-order valence-corrected chi connectivity index (χ1v) is 6.39. The van der Waals surface area contributed by atoms with Crippen molar-refractivity contribution in [3.05, 3.63) is 52.3 Å². The lowest BCUT2D eigenvalue weighted by Gasteiger charge is -2.19. The molecular formula is C15H16F2N2. The molecule has 2 nitrogen and oxygen atoms in total. The lowest BCUT2D eigenvalue weighted by Crippen LogP contribution is -2.14. The number of nitrogens with zero attached hydrogens (tertiary/aromatic N) is 1. The van der Waals surface area contributed by atoms with Crippen LogP contribution >= 0.6 is 0 Å². The third kappa shape index (κ3) is 1.78. The fourth-order valence-electron chi connectivity index (χ4n) is 3.14. The highest BCUT2D eigenvalue weighted by Gasteiger charge is 2.40. The van der Waals surface area contributed by atoms with Crippen LogP contribution in [0.1, 0.15) is 48.6 Å². The SMILES string of the molecule is Cc1cc(F)c(F)cc1C1CC(C)(C)c2[nH]ncc21. The number of aryl methyl sites for hydroxylation is 1. The molecule has 1 aliphatic carbocycles. The first kappa shape index (κ1) is 12.3. The van der Waals surface area contributed by atoms with Gasteiger partial charge in [-0.1, -0.05) is 13.8 Å². The van der Waals surface area contributed by atoms with Crippen molar-refractivity contribution in [1.82, 2.24) is 10.2 Å². The van der Waals surface area contributed by atoms with Gasteiger partial charge in [-0.3, -0.25) is 5.10 Å². The third-order valence-electron chi connectivity index (χ3n) is 4.12. The van der Waals surface area contributed by atoms with Gasteiger partial charge in [0, 0.05) is 22.6 Å². The van der Waals surface area contributed by atoms with Crippen molar-refractivity contribution >= 4 is 0 Å². The van der Waals surface area contributed by atoms with Crippen LogP contribution in [0.25, 0.3) is 0 Å². The standard InChI is InChI=1S/C15H16F2N2/c1-8-4-12(16)13(17)5-9(8)10-6-15(2,3)14-11(10)7-18-19-14/h4-5,7,10H,6H2,1-3H3,(H,18,19). The van der Waals surface area contributed by atoms with Gasteiger partial charge >= 0.3 is 0 Å². The Morgan fingerprint density at radius 2 is 1.89 bits per heavy atom. The van der Waals surface area contributed by atoms with E-state index < -0.39 is 11.6 Å². The molecule has 0 saturated carbocycles. The molecule has 1 aromatic heterocycles. The molecule has 19 heavy (non-hydrogen) atoms. The van der Waals surface area contributed by atoms with Gasteiger partial charge in [-0.05, 0) is 36.6 Å². The number of rotatable bonds is 1. The van der Waals surface area contributed by atoms with Crippen molar-refractivity contribution in [3.8, 4) is 0 Å². The number of fused-ring (bicyclic) bond motifs is 1. The van der Waals surface area contributed by atoms with Crippen LogP contribution in [0.3, 0.4) is 0 Å². The summed E-state index contributed by atoms with van der Waals surface area (Å²) in [4.78, 5) is 0. The monoisotopic (exact) mass is 262 g/mol. The number of hydrogen-bond donors (Lipinski definition) is 1. The molecule has 0 saturated heterocycles. The van der Waals surface area contributed by atoms with E-state index >= 15 is 0 Å². The molecule has 1 aliphatic rings. The maximum Gasteiger partial charge on any atom is 0.159 e. The second-order valence-electron chi connectivity index (χ2n) is 5.96. The summed E-state index contributed by atoms with van der Waals surface area (Å²) in [5.41, 5.74) is 3.81. The van der Waals surface area contributed by atoms with E-state index in [0.717, 1.165) is 28.8 Å². The van der Waals surface area contributed by atoms with Crippen LogP contribution in [0, 0.1) is 18.6 Å². The van der Waals surface area contributed by atoms with Crippen molar-refractivity contribution in [3.63, 3.8) is 0 Å². The fourth-order valence-corrected chi connectivity index (χ4v) is 3.14. The molecular weight excluding hydrogens is 246 g/mol. The largest absolute Gasteiger partial charge is 0.282 e. The van der Waals surface area contributed by atoms with Gasteiger partial charge in [0.25, 0.3) is 0 Å². The van der Waals surface area contributed by atoms with E-state index in [1.807, 2.05) is 6.92 Å². The van der Waals surface area contributed by atoms with Gasteiger partial charge in [-0.25, -0.2) is 8.78 Å². The Morgan fingerprint density at radius 3 is 2.63 bits per heavy atom. The van der Waals surface area contributed by atoms with Gasteiger partial charge in [0.05, 0.1) is 6.20 Å². The predicted octanol–water partition coefficient (Wildman–Crippen LogP) is 3.81. The molecule has 0 fully saturated rings. The third-order valence-corrected chi connectivity index (χ3v) is 4.12. The van der Waals surface area contributed by atoms with E-state index in [1.54, 1.807) is 6.20 Å². The van der Waals surface area contributed by atoms with Crippen molar-refractivity contribution < 1.29 is 8.78 Å². The summed E-state index contributed by atoms with van der Waals surface area (Å²) in [6, 6.07) is 2.60. The van der Waals surface area contributed by atoms with E-state index in [1.165, 1.54) is 12.1 Å². The molecule has 0 aliphatic heterocycles. The molecule has 1 heterocycles. The first-order valence-electron chi connectivity index (χ1n) is 6.39. The summed E-state index contributed by atoms with van der Waals surface area (Å²) in [6.45, 7) is 6.10. The van der Waals surface area contributed by atoms with Crippen LogP contribution in [0.15, 0.2) is 18.3 Å². The fraction of sp³-hybridized carbons (Fsp3) is 0.400. The summed E-state index contributed by atoms with van der Waals surface area (Å²) in [7, 11) is 0. The molecule has 0 amide bonds. The number of aromatic nitrogens is 2. The highest BCUT2D eigenvalue weighted by Crippen LogP contribution is 2.48. The Bertz CT molecular complexity index is 644. The zero-order chi connectivity index (χ0) is 13.8. The second kappa shape index (κ2) is 3.89. The molecule has 0 radical (unpaired) electrons. The Labute approximate surface area is 110 Å².